The van der Waals surface area contributed by atoms with Crippen molar-refractivity contribution in [1.82, 2.24) is 20.0 Å². The fourth-order valence-corrected chi connectivity index (χ4v) is 1.93. The lowest BCUT2D eigenvalue weighted by Gasteiger charge is -2.31. The molecular weight excluding hydrogens is 240 g/mol. The molecule has 1 rings (SSSR count). The van der Waals surface area contributed by atoms with Crippen LogP contribution in [-0.2, 0) is 18.3 Å². The van der Waals surface area contributed by atoms with Gasteiger partial charge in [0.25, 0.3) is 0 Å². The Morgan fingerprint density at radius 3 is 2.63 bits per heavy atom. The van der Waals surface area contributed by atoms with E-state index in [-0.39, 0.29) is 5.54 Å². The maximum atomic E-state index is 5.33. The maximum absolute atomic E-state index is 5.33. The number of rotatable bonds is 7. The van der Waals surface area contributed by atoms with Crippen LogP contribution in [0.15, 0.2) is 12.4 Å². The number of methoxy groups -OCH3 is 1. The summed E-state index contributed by atoms with van der Waals surface area (Å²) in [5.74, 6) is 0. The number of nitrogens with one attached hydrogen (secondary N) is 1. The Hall–Kier alpha value is -0.910. The van der Waals surface area contributed by atoms with Crippen molar-refractivity contribution in [3.05, 3.63) is 18.0 Å². The molecule has 0 saturated carbocycles. The van der Waals surface area contributed by atoms with Gasteiger partial charge < -0.3 is 10.1 Å². The second-order valence-corrected chi connectivity index (χ2v) is 6.18. The van der Waals surface area contributed by atoms with Crippen molar-refractivity contribution in [2.75, 3.05) is 27.3 Å². The number of hydrogen-bond donors (Lipinski definition) is 1. The quantitative estimate of drug-likeness (QED) is 0.808. The third-order valence-electron chi connectivity index (χ3n) is 3.04. The van der Waals surface area contributed by atoms with E-state index >= 15 is 0 Å². The lowest BCUT2D eigenvalue weighted by molar-refractivity contribution is 0.0972. The molecule has 5 nitrogen and oxygen atoms in total. The van der Waals surface area contributed by atoms with Crippen LogP contribution < -0.4 is 5.32 Å². The first kappa shape index (κ1) is 16.1. The molecule has 0 spiro atoms. The SMILES string of the molecule is COCC(CNC(C)(C)C)N(C)Cc1cnn(C)c1. The number of ether oxygens (including phenoxy) is 1. The summed E-state index contributed by atoms with van der Waals surface area (Å²) in [4.78, 5) is 2.30. The van der Waals surface area contributed by atoms with E-state index in [9.17, 15) is 0 Å². The average molecular weight is 268 g/mol. The Balaban J connectivity index is 2.54. The van der Waals surface area contributed by atoms with Gasteiger partial charge in [-0.05, 0) is 27.8 Å². The van der Waals surface area contributed by atoms with E-state index in [1.807, 2.05) is 17.9 Å². The highest BCUT2D eigenvalue weighted by molar-refractivity contribution is 5.03. The summed E-state index contributed by atoms with van der Waals surface area (Å²) in [6.07, 6.45) is 3.97. The highest BCUT2D eigenvalue weighted by Crippen LogP contribution is 2.07. The monoisotopic (exact) mass is 268 g/mol. The number of hydrogen-bond acceptors (Lipinski definition) is 4. The molecule has 0 amide bonds. The zero-order valence-corrected chi connectivity index (χ0v) is 13.1. The van der Waals surface area contributed by atoms with Crippen molar-refractivity contribution in [1.29, 1.82) is 0 Å². The first-order valence-electron chi connectivity index (χ1n) is 6.73. The van der Waals surface area contributed by atoms with Crippen molar-refractivity contribution in [3.63, 3.8) is 0 Å². The first-order chi connectivity index (χ1) is 8.81. The summed E-state index contributed by atoms with van der Waals surface area (Å²) in [7, 11) is 5.82. The van der Waals surface area contributed by atoms with Gasteiger partial charge in [0.1, 0.15) is 0 Å². The molecule has 1 heterocycles. The van der Waals surface area contributed by atoms with Gasteiger partial charge in [0.2, 0.25) is 0 Å². The zero-order chi connectivity index (χ0) is 14.5. The smallest absolute Gasteiger partial charge is 0.0630 e. The predicted octanol–water partition coefficient (Wildman–Crippen LogP) is 1.25. The summed E-state index contributed by atoms with van der Waals surface area (Å²) in [5.41, 5.74) is 1.35. The molecule has 0 aliphatic heterocycles. The van der Waals surface area contributed by atoms with E-state index in [4.69, 9.17) is 4.74 Å². The minimum Gasteiger partial charge on any atom is -0.383 e. The highest BCUT2D eigenvalue weighted by Gasteiger charge is 2.18. The normalized spacial score (nSPS) is 14.1. The third-order valence-corrected chi connectivity index (χ3v) is 3.04. The highest BCUT2D eigenvalue weighted by atomic mass is 16.5. The number of likely N-dealkylation sites (N-methyl/N-ethyl adjacent to an activating group) is 1. The largest absolute Gasteiger partial charge is 0.383 e. The maximum Gasteiger partial charge on any atom is 0.0630 e. The van der Waals surface area contributed by atoms with Gasteiger partial charge in [0, 0.05) is 50.6 Å². The third kappa shape index (κ3) is 6.18. The number of nitrogens with zero attached hydrogens (tertiary/aromatic N) is 3. The second-order valence-electron chi connectivity index (χ2n) is 6.18. The van der Waals surface area contributed by atoms with Crippen LogP contribution in [0.5, 0.6) is 0 Å². The predicted molar refractivity (Wildman–Crippen MR) is 78.1 cm³/mol. The standard InChI is InChI=1S/C14H28N4O/c1-14(2,3)15-8-13(11-19-6)17(4)9-12-7-16-18(5)10-12/h7,10,13,15H,8-9,11H2,1-6H3. The van der Waals surface area contributed by atoms with Crippen LogP contribution in [0.2, 0.25) is 0 Å². The minimum absolute atomic E-state index is 0.126. The molecule has 1 N–H and O–H groups in total. The van der Waals surface area contributed by atoms with Crippen LogP contribution in [0.1, 0.15) is 26.3 Å². The Labute approximate surface area is 116 Å². The summed E-state index contributed by atoms with van der Waals surface area (Å²) >= 11 is 0. The van der Waals surface area contributed by atoms with Gasteiger partial charge in [0.05, 0.1) is 12.8 Å². The molecule has 1 aromatic heterocycles. The molecule has 19 heavy (non-hydrogen) atoms. The summed E-state index contributed by atoms with van der Waals surface area (Å²) in [5, 5.41) is 7.74. The molecule has 0 bridgehead atoms. The lowest BCUT2D eigenvalue weighted by Crippen LogP contribution is -2.48. The van der Waals surface area contributed by atoms with Gasteiger partial charge in [0.15, 0.2) is 0 Å². The average Bonchev–Trinajstić information content (AvgIpc) is 2.68. The zero-order valence-electron chi connectivity index (χ0n) is 13.1. The lowest BCUT2D eigenvalue weighted by atomic mass is 10.1. The number of aromatic nitrogens is 2. The van der Waals surface area contributed by atoms with Gasteiger partial charge in [-0.2, -0.15) is 5.10 Å². The Bertz CT molecular complexity index is 370. The molecule has 110 valence electrons. The molecule has 0 saturated heterocycles. The van der Waals surface area contributed by atoms with Gasteiger partial charge in [-0.1, -0.05) is 0 Å². The van der Waals surface area contributed by atoms with Crippen molar-refractivity contribution >= 4 is 0 Å². The van der Waals surface area contributed by atoms with Crippen LogP contribution in [0.25, 0.3) is 0 Å². The molecule has 1 unspecified atom stereocenters. The van der Waals surface area contributed by atoms with Gasteiger partial charge in [-0.25, -0.2) is 0 Å². The van der Waals surface area contributed by atoms with Crippen molar-refractivity contribution in [3.8, 4) is 0 Å². The summed E-state index contributed by atoms with van der Waals surface area (Å²) in [6, 6.07) is 0.351. The van der Waals surface area contributed by atoms with Gasteiger partial charge >= 0.3 is 0 Å². The second kappa shape index (κ2) is 7.03. The molecule has 1 aromatic rings. The van der Waals surface area contributed by atoms with Crippen molar-refractivity contribution in [2.24, 2.45) is 7.05 Å². The Morgan fingerprint density at radius 2 is 2.16 bits per heavy atom. The molecule has 0 aliphatic carbocycles. The van der Waals surface area contributed by atoms with E-state index in [0.717, 1.165) is 19.7 Å². The topological polar surface area (TPSA) is 42.3 Å². The van der Waals surface area contributed by atoms with E-state index < -0.39 is 0 Å². The van der Waals surface area contributed by atoms with Crippen LogP contribution in [-0.4, -0.2) is 53.6 Å². The first-order valence-corrected chi connectivity index (χ1v) is 6.73. The molecule has 0 aromatic carbocycles. The van der Waals surface area contributed by atoms with E-state index in [1.165, 1.54) is 5.56 Å². The van der Waals surface area contributed by atoms with E-state index in [2.05, 4.69) is 49.3 Å². The molecule has 0 aliphatic rings. The molecule has 5 heteroatoms. The van der Waals surface area contributed by atoms with Crippen molar-refractivity contribution in [2.45, 2.75) is 38.9 Å². The summed E-state index contributed by atoms with van der Waals surface area (Å²) in [6.45, 7) is 9.05. The molecule has 1 atom stereocenters. The van der Waals surface area contributed by atoms with Gasteiger partial charge in [-0.3, -0.25) is 9.58 Å². The van der Waals surface area contributed by atoms with Crippen LogP contribution in [0, 0.1) is 0 Å². The molecule has 0 radical (unpaired) electrons. The number of aryl methyl sites for hydroxylation is 1. The fraction of sp³-hybridized carbons (Fsp3) is 0.786. The van der Waals surface area contributed by atoms with E-state index in [0.29, 0.717) is 6.04 Å². The van der Waals surface area contributed by atoms with Crippen LogP contribution in [0.3, 0.4) is 0 Å². The summed E-state index contributed by atoms with van der Waals surface area (Å²) < 4.78 is 7.17. The fourth-order valence-electron chi connectivity index (χ4n) is 1.93. The molecule has 0 fully saturated rings. The Morgan fingerprint density at radius 1 is 1.47 bits per heavy atom. The van der Waals surface area contributed by atoms with E-state index in [1.54, 1.807) is 7.11 Å². The van der Waals surface area contributed by atoms with Crippen LogP contribution >= 0.6 is 0 Å². The Kier molecular flexibility index (Phi) is 5.97. The van der Waals surface area contributed by atoms with Crippen LogP contribution in [0.4, 0.5) is 0 Å². The van der Waals surface area contributed by atoms with Gasteiger partial charge in [-0.15, -0.1) is 0 Å². The minimum atomic E-state index is 0.126. The molecular formula is C14H28N4O. The van der Waals surface area contributed by atoms with Crippen molar-refractivity contribution < 1.29 is 4.74 Å².